The van der Waals surface area contributed by atoms with E-state index in [4.69, 9.17) is 5.73 Å². The van der Waals surface area contributed by atoms with Gasteiger partial charge in [0.2, 0.25) is 0 Å². The maximum Gasteiger partial charge on any atom is 0.0951 e. The standard InChI is InChI=1S/C14H19N3/c1-10(2)6-8-16-13-7-9-17-14-11(13)4-3-5-12(14)15/h3-5,7,9-10H,6,8,15H2,1-2H3,(H,16,17). The van der Waals surface area contributed by atoms with Crippen LogP contribution in [0.25, 0.3) is 10.9 Å². The molecule has 2 aromatic rings. The molecule has 0 saturated carbocycles. The third kappa shape index (κ3) is 2.67. The molecule has 2 rings (SSSR count). The minimum Gasteiger partial charge on any atom is -0.397 e. The predicted octanol–water partition coefficient (Wildman–Crippen LogP) is 3.28. The minimum atomic E-state index is 0.709. The van der Waals surface area contributed by atoms with E-state index >= 15 is 0 Å². The Labute approximate surface area is 102 Å². The third-order valence-corrected chi connectivity index (χ3v) is 2.84. The fourth-order valence-electron chi connectivity index (χ4n) is 1.85. The molecular formula is C14H19N3. The first-order chi connectivity index (χ1) is 8.18. The van der Waals surface area contributed by atoms with Crippen molar-refractivity contribution in [1.29, 1.82) is 0 Å². The van der Waals surface area contributed by atoms with Gasteiger partial charge in [0.1, 0.15) is 0 Å². The molecule has 0 spiro atoms. The lowest BCUT2D eigenvalue weighted by atomic mass is 10.1. The van der Waals surface area contributed by atoms with Crippen molar-refractivity contribution >= 4 is 22.3 Å². The molecule has 0 radical (unpaired) electrons. The number of nitrogens with two attached hydrogens (primary N) is 1. The van der Waals surface area contributed by atoms with E-state index < -0.39 is 0 Å². The summed E-state index contributed by atoms with van der Waals surface area (Å²) in [5.74, 6) is 0.709. The number of hydrogen-bond donors (Lipinski definition) is 2. The van der Waals surface area contributed by atoms with Crippen LogP contribution in [0.4, 0.5) is 11.4 Å². The van der Waals surface area contributed by atoms with Crippen LogP contribution >= 0.6 is 0 Å². The number of nitrogens with one attached hydrogen (secondary N) is 1. The van der Waals surface area contributed by atoms with Gasteiger partial charge in [-0.2, -0.15) is 0 Å². The largest absolute Gasteiger partial charge is 0.397 e. The van der Waals surface area contributed by atoms with Crippen LogP contribution in [0, 0.1) is 5.92 Å². The molecule has 0 aliphatic rings. The summed E-state index contributed by atoms with van der Waals surface area (Å²) >= 11 is 0. The molecule has 3 nitrogen and oxygen atoms in total. The second-order valence-corrected chi connectivity index (χ2v) is 4.71. The first kappa shape index (κ1) is 11.7. The van der Waals surface area contributed by atoms with E-state index in [1.54, 1.807) is 6.20 Å². The molecule has 0 atom stereocenters. The number of benzene rings is 1. The number of nitrogens with zero attached hydrogens (tertiary/aromatic N) is 1. The summed E-state index contributed by atoms with van der Waals surface area (Å²) in [7, 11) is 0. The lowest BCUT2D eigenvalue weighted by Gasteiger charge is -2.11. The SMILES string of the molecule is CC(C)CCNc1ccnc2c(N)cccc12. The number of rotatable bonds is 4. The second-order valence-electron chi connectivity index (χ2n) is 4.71. The molecule has 0 aliphatic heterocycles. The highest BCUT2D eigenvalue weighted by atomic mass is 14.9. The number of fused-ring (bicyclic) bond motifs is 1. The van der Waals surface area contributed by atoms with Gasteiger partial charge in [0.25, 0.3) is 0 Å². The Morgan fingerprint density at radius 1 is 1.29 bits per heavy atom. The molecule has 3 N–H and O–H groups in total. The molecule has 3 heteroatoms. The molecule has 17 heavy (non-hydrogen) atoms. The number of hydrogen-bond acceptors (Lipinski definition) is 3. The summed E-state index contributed by atoms with van der Waals surface area (Å²) in [5.41, 5.74) is 8.63. The van der Waals surface area contributed by atoms with Gasteiger partial charge in [-0.3, -0.25) is 4.98 Å². The molecule has 1 aromatic heterocycles. The van der Waals surface area contributed by atoms with Crippen molar-refractivity contribution in [2.75, 3.05) is 17.6 Å². The Kier molecular flexibility index (Phi) is 3.47. The molecule has 0 aliphatic carbocycles. The lowest BCUT2D eigenvalue weighted by Crippen LogP contribution is -2.05. The zero-order valence-corrected chi connectivity index (χ0v) is 10.4. The van der Waals surface area contributed by atoms with Crippen LogP contribution in [-0.2, 0) is 0 Å². The van der Waals surface area contributed by atoms with Gasteiger partial charge in [-0.05, 0) is 24.5 Å². The highest BCUT2D eigenvalue weighted by Gasteiger charge is 2.03. The molecule has 1 aromatic carbocycles. The van der Waals surface area contributed by atoms with Crippen LogP contribution in [0.1, 0.15) is 20.3 Å². The average Bonchev–Trinajstić information content (AvgIpc) is 2.30. The smallest absolute Gasteiger partial charge is 0.0951 e. The first-order valence-corrected chi connectivity index (χ1v) is 6.05. The van der Waals surface area contributed by atoms with Crippen LogP contribution in [0.2, 0.25) is 0 Å². The first-order valence-electron chi connectivity index (χ1n) is 6.05. The predicted molar refractivity (Wildman–Crippen MR) is 74.1 cm³/mol. The zero-order chi connectivity index (χ0) is 12.3. The molecule has 1 heterocycles. The van der Waals surface area contributed by atoms with E-state index in [1.807, 2.05) is 18.2 Å². The van der Waals surface area contributed by atoms with Gasteiger partial charge in [-0.25, -0.2) is 0 Å². The van der Waals surface area contributed by atoms with Crippen LogP contribution in [0.15, 0.2) is 30.5 Å². The van der Waals surface area contributed by atoms with Crippen molar-refractivity contribution in [3.63, 3.8) is 0 Å². The maximum atomic E-state index is 5.91. The van der Waals surface area contributed by atoms with Gasteiger partial charge >= 0.3 is 0 Å². The number of aromatic nitrogens is 1. The van der Waals surface area contributed by atoms with Crippen molar-refractivity contribution in [2.24, 2.45) is 5.92 Å². The highest BCUT2D eigenvalue weighted by molar-refractivity contribution is 5.97. The Morgan fingerprint density at radius 3 is 2.88 bits per heavy atom. The van der Waals surface area contributed by atoms with Crippen LogP contribution in [0.5, 0.6) is 0 Å². The van der Waals surface area contributed by atoms with Crippen molar-refractivity contribution in [2.45, 2.75) is 20.3 Å². The molecule has 0 saturated heterocycles. The molecule has 0 bridgehead atoms. The second kappa shape index (κ2) is 5.04. The van der Waals surface area contributed by atoms with E-state index in [1.165, 1.54) is 0 Å². The van der Waals surface area contributed by atoms with E-state index in [-0.39, 0.29) is 0 Å². The quantitative estimate of drug-likeness (QED) is 0.791. The topological polar surface area (TPSA) is 50.9 Å². The van der Waals surface area contributed by atoms with Crippen molar-refractivity contribution in [3.8, 4) is 0 Å². The normalized spacial score (nSPS) is 11.0. The summed E-state index contributed by atoms with van der Waals surface area (Å²) in [6.45, 7) is 5.43. The fraction of sp³-hybridized carbons (Fsp3) is 0.357. The monoisotopic (exact) mass is 229 g/mol. The Balaban J connectivity index is 2.25. The lowest BCUT2D eigenvalue weighted by molar-refractivity contribution is 0.607. The Morgan fingerprint density at radius 2 is 2.12 bits per heavy atom. The van der Waals surface area contributed by atoms with Crippen molar-refractivity contribution in [3.05, 3.63) is 30.5 Å². The van der Waals surface area contributed by atoms with Gasteiger partial charge < -0.3 is 11.1 Å². The van der Waals surface area contributed by atoms with E-state index in [9.17, 15) is 0 Å². The third-order valence-electron chi connectivity index (χ3n) is 2.84. The van der Waals surface area contributed by atoms with Gasteiger partial charge in [0, 0.05) is 23.8 Å². The molecule has 0 fully saturated rings. The zero-order valence-electron chi connectivity index (χ0n) is 10.4. The Hall–Kier alpha value is -1.77. The highest BCUT2D eigenvalue weighted by Crippen LogP contribution is 2.25. The van der Waals surface area contributed by atoms with Crippen LogP contribution < -0.4 is 11.1 Å². The summed E-state index contributed by atoms with van der Waals surface area (Å²) in [6, 6.07) is 7.90. The van der Waals surface area contributed by atoms with Gasteiger partial charge in [0.15, 0.2) is 0 Å². The van der Waals surface area contributed by atoms with Gasteiger partial charge in [0.05, 0.1) is 11.2 Å². The number of pyridine rings is 1. The van der Waals surface area contributed by atoms with E-state index in [0.29, 0.717) is 5.92 Å². The van der Waals surface area contributed by atoms with Crippen LogP contribution in [-0.4, -0.2) is 11.5 Å². The fourth-order valence-corrected chi connectivity index (χ4v) is 1.85. The molecule has 90 valence electrons. The summed E-state index contributed by atoms with van der Waals surface area (Å²) in [4.78, 5) is 4.32. The molecule has 0 unspecified atom stereocenters. The number of anilines is 2. The summed E-state index contributed by atoms with van der Waals surface area (Å²) in [5, 5.41) is 4.54. The van der Waals surface area contributed by atoms with Gasteiger partial charge in [-0.1, -0.05) is 26.0 Å². The summed E-state index contributed by atoms with van der Waals surface area (Å²) in [6.07, 6.45) is 2.96. The van der Waals surface area contributed by atoms with Crippen molar-refractivity contribution in [1.82, 2.24) is 4.98 Å². The summed E-state index contributed by atoms with van der Waals surface area (Å²) < 4.78 is 0. The van der Waals surface area contributed by atoms with E-state index in [2.05, 4.69) is 30.2 Å². The average molecular weight is 229 g/mol. The Bertz CT molecular complexity index is 506. The minimum absolute atomic E-state index is 0.709. The maximum absolute atomic E-state index is 5.91. The number of nitrogen functional groups attached to an aromatic ring is 1. The van der Waals surface area contributed by atoms with Crippen molar-refractivity contribution < 1.29 is 0 Å². The number of para-hydroxylation sites is 1. The van der Waals surface area contributed by atoms with E-state index in [0.717, 1.165) is 35.2 Å². The van der Waals surface area contributed by atoms with Gasteiger partial charge in [-0.15, -0.1) is 0 Å². The molecule has 0 amide bonds. The molecular weight excluding hydrogens is 210 g/mol. The van der Waals surface area contributed by atoms with Crippen LogP contribution in [0.3, 0.4) is 0 Å².